The number of H-pyrrole nitrogens is 2. The van der Waals surface area contributed by atoms with Gasteiger partial charge in [0.2, 0.25) is 0 Å². The molecule has 3 aromatic rings. The van der Waals surface area contributed by atoms with Crippen LogP contribution in [-0.4, -0.2) is 27.4 Å². The predicted octanol–water partition coefficient (Wildman–Crippen LogP) is 2.03. The molecule has 0 aliphatic heterocycles. The fourth-order valence-corrected chi connectivity index (χ4v) is 3.54. The first-order chi connectivity index (χ1) is 12.9. The quantitative estimate of drug-likeness (QED) is 0.639. The fraction of sp³-hybridized carbons (Fsp3) is 0.263. The lowest BCUT2D eigenvalue weighted by Gasteiger charge is -2.17. The van der Waals surface area contributed by atoms with Crippen molar-refractivity contribution in [3.8, 4) is 0 Å². The first kappa shape index (κ1) is 17.5. The molecule has 7 nitrogen and oxygen atoms in total. The first-order valence-electron chi connectivity index (χ1n) is 8.56. The second-order valence-corrected chi connectivity index (χ2v) is 7.37. The minimum Gasteiger partial charge on any atom is -0.350 e. The Hall–Kier alpha value is -2.93. The van der Waals surface area contributed by atoms with Crippen molar-refractivity contribution in [1.29, 1.82) is 0 Å². The third-order valence-corrected chi connectivity index (χ3v) is 5.25. The van der Waals surface area contributed by atoms with Gasteiger partial charge in [-0.05, 0) is 49.1 Å². The van der Waals surface area contributed by atoms with E-state index in [9.17, 15) is 14.4 Å². The van der Waals surface area contributed by atoms with Gasteiger partial charge in [0.1, 0.15) is 11.3 Å². The molecule has 27 heavy (non-hydrogen) atoms. The summed E-state index contributed by atoms with van der Waals surface area (Å²) in [5.41, 5.74) is 0.650. The van der Waals surface area contributed by atoms with Gasteiger partial charge in [-0.1, -0.05) is 23.7 Å². The molecule has 4 rings (SSSR count). The highest BCUT2D eigenvalue weighted by Gasteiger charge is 2.44. The third-order valence-electron chi connectivity index (χ3n) is 5.01. The number of carbonyl (C=O) groups excluding carboxylic acids is 1. The van der Waals surface area contributed by atoms with E-state index in [-0.39, 0.29) is 28.0 Å². The molecule has 0 spiro atoms. The Morgan fingerprint density at radius 1 is 1.26 bits per heavy atom. The molecule has 1 aromatic carbocycles. The van der Waals surface area contributed by atoms with Gasteiger partial charge in [-0.15, -0.1) is 0 Å². The van der Waals surface area contributed by atoms with Gasteiger partial charge in [0, 0.05) is 17.0 Å². The van der Waals surface area contributed by atoms with Gasteiger partial charge in [-0.3, -0.25) is 19.6 Å². The predicted molar refractivity (Wildman–Crippen MR) is 102 cm³/mol. The average molecular weight is 385 g/mol. The zero-order chi connectivity index (χ0) is 19.2. The molecule has 0 saturated heterocycles. The Morgan fingerprint density at radius 2 is 2.04 bits per heavy atom. The lowest BCUT2D eigenvalue weighted by atomic mass is 9.96. The minimum atomic E-state index is -0.658. The van der Waals surface area contributed by atoms with Gasteiger partial charge in [0.15, 0.2) is 0 Å². The van der Waals surface area contributed by atoms with Crippen LogP contribution >= 0.6 is 11.6 Å². The van der Waals surface area contributed by atoms with Crippen molar-refractivity contribution in [3.63, 3.8) is 0 Å². The highest BCUT2D eigenvalue weighted by atomic mass is 35.5. The van der Waals surface area contributed by atoms with Gasteiger partial charge in [-0.25, -0.2) is 9.78 Å². The van der Waals surface area contributed by atoms with E-state index in [1.54, 1.807) is 13.0 Å². The third kappa shape index (κ3) is 3.26. The number of nitrogens with zero attached hydrogens (tertiary/aromatic N) is 1. The lowest BCUT2D eigenvalue weighted by Crippen LogP contribution is -2.33. The number of pyridine rings is 1. The average Bonchev–Trinajstić information content (AvgIpc) is 3.40. The van der Waals surface area contributed by atoms with E-state index in [0.717, 1.165) is 18.4 Å². The summed E-state index contributed by atoms with van der Waals surface area (Å²) < 4.78 is 0. The monoisotopic (exact) mass is 384 g/mol. The van der Waals surface area contributed by atoms with Crippen molar-refractivity contribution < 1.29 is 4.79 Å². The molecular formula is C19H17ClN4O3. The standard InChI is InChI=1S/C19H17ClN4O3/c1-10-7-13(22-15-14(10)17(26)24-18(27)23-15)16(25)21-9-19(5-6-19)11-3-2-4-12(20)8-11/h2-4,7-8H,5-6,9H2,1H3,(H,21,25)(H2,22,23,24,26,27). The van der Waals surface area contributed by atoms with Gasteiger partial charge in [0.05, 0.1) is 5.39 Å². The van der Waals surface area contributed by atoms with Crippen molar-refractivity contribution in [2.24, 2.45) is 0 Å². The van der Waals surface area contributed by atoms with Crippen LogP contribution in [0.5, 0.6) is 0 Å². The lowest BCUT2D eigenvalue weighted by molar-refractivity contribution is 0.0945. The van der Waals surface area contributed by atoms with Gasteiger partial charge < -0.3 is 5.32 Å². The number of hydrogen-bond donors (Lipinski definition) is 3. The van der Waals surface area contributed by atoms with Crippen molar-refractivity contribution in [1.82, 2.24) is 20.3 Å². The molecule has 1 aliphatic rings. The van der Waals surface area contributed by atoms with E-state index in [4.69, 9.17) is 11.6 Å². The number of aromatic amines is 2. The fourth-order valence-electron chi connectivity index (χ4n) is 3.35. The molecule has 138 valence electrons. The Morgan fingerprint density at radius 3 is 2.74 bits per heavy atom. The van der Waals surface area contributed by atoms with Crippen molar-refractivity contribution in [2.75, 3.05) is 6.54 Å². The molecule has 1 saturated carbocycles. The number of aromatic nitrogens is 3. The molecular weight excluding hydrogens is 368 g/mol. The summed E-state index contributed by atoms with van der Waals surface area (Å²) in [4.78, 5) is 44.8. The van der Waals surface area contributed by atoms with Crippen LogP contribution in [0.2, 0.25) is 5.02 Å². The molecule has 1 fully saturated rings. The van der Waals surface area contributed by atoms with Crippen LogP contribution in [0.3, 0.4) is 0 Å². The topological polar surface area (TPSA) is 108 Å². The summed E-state index contributed by atoms with van der Waals surface area (Å²) >= 11 is 6.08. The number of hydrogen-bond acceptors (Lipinski definition) is 4. The Labute approximate surface area is 158 Å². The zero-order valence-corrected chi connectivity index (χ0v) is 15.3. The van der Waals surface area contributed by atoms with E-state index in [1.807, 2.05) is 24.3 Å². The molecule has 8 heteroatoms. The van der Waals surface area contributed by atoms with E-state index in [1.165, 1.54) is 0 Å². The second-order valence-electron chi connectivity index (χ2n) is 6.93. The number of nitrogens with one attached hydrogen (secondary N) is 3. The van der Waals surface area contributed by atoms with Crippen LogP contribution in [0.4, 0.5) is 0 Å². The van der Waals surface area contributed by atoms with Crippen LogP contribution in [0.15, 0.2) is 39.9 Å². The Bertz CT molecular complexity index is 1180. The highest BCUT2D eigenvalue weighted by molar-refractivity contribution is 6.30. The van der Waals surface area contributed by atoms with E-state index in [2.05, 4.69) is 20.3 Å². The largest absolute Gasteiger partial charge is 0.350 e. The van der Waals surface area contributed by atoms with E-state index < -0.39 is 11.2 Å². The Kier molecular flexibility index (Phi) is 4.11. The van der Waals surface area contributed by atoms with Crippen molar-refractivity contribution in [2.45, 2.75) is 25.2 Å². The molecule has 2 heterocycles. The van der Waals surface area contributed by atoms with Gasteiger partial charge in [-0.2, -0.15) is 0 Å². The molecule has 0 atom stereocenters. The van der Waals surface area contributed by atoms with Crippen molar-refractivity contribution in [3.05, 3.63) is 73.0 Å². The van der Waals surface area contributed by atoms with Crippen LogP contribution in [0, 0.1) is 6.92 Å². The number of benzene rings is 1. The molecule has 3 N–H and O–H groups in total. The summed E-state index contributed by atoms with van der Waals surface area (Å²) in [6, 6.07) is 9.21. The highest BCUT2D eigenvalue weighted by Crippen LogP contribution is 2.48. The number of aryl methyl sites for hydroxylation is 1. The van der Waals surface area contributed by atoms with Crippen LogP contribution in [0.25, 0.3) is 11.0 Å². The smallest absolute Gasteiger partial charge is 0.327 e. The molecule has 1 amide bonds. The maximum atomic E-state index is 12.6. The van der Waals surface area contributed by atoms with Crippen LogP contribution in [-0.2, 0) is 5.41 Å². The number of fused-ring (bicyclic) bond motifs is 1. The van der Waals surface area contributed by atoms with E-state index >= 15 is 0 Å². The SMILES string of the molecule is Cc1cc(C(=O)NCC2(c3cccc(Cl)c3)CC2)nc2[nH]c(=O)[nH]c(=O)c12. The Balaban J connectivity index is 1.59. The van der Waals surface area contributed by atoms with Crippen LogP contribution in [0.1, 0.15) is 34.5 Å². The molecule has 1 aliphatic carbocycles. The molecule has 2 aromatic heterocycles. The molecule has 0 unspecified atom stereocenters. The number of halogens is 1. The maximum Gasteiger partial charge on any atom is 0.327 e. The summed E-state index contributed by atoms with van der Waals surface area (Å²) in [5, 5.41) is 3.86. The number of rotatable bonds is 4. The first-order valence-corrected chi connectivity index (χ1v) is 8.94. The summed E-state index contributed by atoms with van der Waals surface area (Å²) in [5.74, 6) is -0.352. The second kappa shape index (κ2) is 6.35. The number of amides is 1. The van der Waals surface area contributed by atoms with E-state index in [0.29, 0.717) is 17.1 Å². The van der Waals surface area contributed by atoms with Crippen LogP contribution < -0.4 is 16.6 Å². The normalized spacial score (nSPS) is 14.9. The maximum absolute atomic E-state index is 12.6. The number of carbonyl (C=O) groups is 1. The van der Waals surface area contributed by atoms with Crippen molar-refractivity contribution >= 4 is 28.5 Å². The summed E-state index contributed by atoms with van der Waals surface area (Å²) in [7, 11) is 0. The summed E-state index contributed by atoms with van der Waals surface area (Å²) in [6.45, 7) is 2.17. The molecule has 0 radical (unpaired) electrons. The van der Waals surface area contributed by atoms with Gasteiger partial charge >= 0.3 is 5.69 Å². The molecule has 0 bridgehead atoms. The summed E-state index contributed by atoms with van der Waals surface area (Å²) in [6.07, 6.45) is 1.95. The van der Waals surface area contributed by atoms with Gasteiger partial charge in [0.25, 0.3) is 11.5 Å². The minimum absolute atomic E-state index is 0.0993. The zero-order valence-electron chi connectivity index (χ0n) is 14.6.